The van der Waals surface area contributed by atoms with Crippen LogP contribution in [0.25, 0.3) is 11.6 Å². The summed E-state index contributed by atoms with van der Waals surface area (Å²) in [5.74, 6) is -4.45. The molecule has 2 aromatic rings. The van der Waals surface area contributed by atoms with Gasteiger partial charge in [-0.15, -0.1) is 0 Å². The van der Waals surface area contributed by atoms with Crippen LogP contribution < -0.4 is 0 Å². The number of carbonyl (C=O) groups excluding carboxylic acids is 2. The number of nitrogens with zero attached hydrogens (tertiary/aromatic N) is 2. The lowest BCUT2D eigenvalue weighted by Crippen LogP contribution is -2.46. The van der Waals surface area contributed by atoms with Crippen molar-refractivity contribution in [2.75, 3.05) is 13.2 Å². The van der Waals surface area contributed by atoms with Gasteiger partial charge in [0.1, 0.15) is 0 Å². The number of carbonyl (C=O) groups is 3. The molecular formula is C32H36BFN2O8. The number of aromatic hydroxyl groups is 1. The Bertz CT molecular complexity index is 1470. The minimum absolute atomic E-state index is 0.0324. The lowest BCUT2D eigenvalue weighted by atomic mass is 9.58. The number of carboxylic acids is 1. The van der Waals surface area contributed by atoms with Crippen LogP contribution >= 0.6 is 0 Å². The van der Waals surface area contributed by atoms with E-state index in [2.05, 4.69) is 4.98 Å². The number of allylic oxidation sites excluding steroid dienone is 1. The molecule has 12 heteroatoms. The number of unbranched alkanes of at least 4 members (excludes halogenated alkanes) is 2. The van der Waals surface area contributed by atoms with Gasteiger partial charge in [0.15, 0.2) is 11.6 Å². The molecule has 5 rings (SSSR count). The van der Waals surface area contributed by atoms with E-state index in [0.29, 0.717) is 48.9 Å². The van der Waals surface area contributed by atoms with Crippen LogP contribution in [0.3, 0.4) is 0 Å². The second kappa shape index (κ2) is 13.8. The van der Waals surface area contributed by atoms with Gasteiger partial charge in [0, 0.05) is 19.2 Å². The maximum Gasteiger partial charge on any atom is 0.455 e. The molecule has 4 N–H and O–H groups in total. The third-order valence-corrected chi connectivity index (χ3v) is 8.84. The highest BCUT2D eigenvalue weighted by atomic mass is 19.1. The number of likely N-dealkylation sites (tertiary alicyclic amines) is 1. The van der Waals surface area contributed by atoms with Crippen LogP contribution in [-0.2, 0) is 19.0 Å². The van der Waals surface area contributed by atoms with Gasteiger partial charge in [-0.1, -0.05) is 18.6 Å². The molecule has 3 heterocycles. The van der Waals surface area contributed by atoms with Gasteiger partial charge in [0.05, 0.1) is 30.2 Å². The Kier molecular flexibility index (Phi) is 9.92. The number of aromatic nitrogens is 1. The largest absolute Gasteiger partial charge is 0.505 e. The lowest BCUT2D eigenvalue weighted by Gasteiger charge is -2.43. The van der Waals surface area contributed by atoms with Crippen LogP contribution in [-0.4, -0.2) is 74.4 Å². The molecule has 2 saturated heterocycles. The first-order valence-corrected chi connectivity index (χ1v) is 15.0. The second-order valence-electron chi connectivity index (χ2n) is 11.6. The van der Waals surface area contributed by atoms with Crippen LogP contribution in [0.15, 0.2) is 53.7 Å². The minimum Gasteiger partial charge on any atom is -0.505 e. The second-order valence-corrected chi connectivity index (χ2v) is 11.6. The van der Waals surface area contributed by atoms with Crippen molar-refractivity contribution in [2.45, 2.75) is 57.4 Å². The summed E-state index contributed by atoms with van der Waals surface area (Å²) in [5.41, 5.74) is 3.33. The quantitative estimate of drug-likeness (QED) is 0.122. The molecule has 4 atom stereocenters. The summed E-state index contributed by atoms with van der Waals surface area (Å²) in [5, 5.41) is 39.6. The number of carboxylic acid groups (broad SMARTS) is 1. The molecular weight excluding hydrogens is 570 g/mol. The SMILES string of the molecule is O=C(O)CCCCCN1C(=O)[C@@H]2[C@@H](CC(CO)=C3[C@@H](CC/C(=C/c4ccc(O)c(F)c4)c4ccccn4)OB(O)C[C@@H]32)C1=O. The van der Waals surface area contributed by atoms with E-state index in [1.165, 1.54) is 17.0 Å². The molecule has 1 aliphatic carbocycles. The summed E-state index contributed by atoms with van der Waals surface area (Å²) in [6.07, 6.45) is 5.46. The normalized spacial score (nSPS) is 23.7. The Hall–Kier alpha value is -3.87. The Morgan fingerprint density at radius 1 is 1.11 bits per heavy atom. The number of fused-ring (bicyclic) bond motifs is 3. The van der Waals surface area contributed by atoms with E-state index in [4.69, 9.17) is 9.76 Å². The number of benzene rings is 1. The summed E-state index contributed by atoms with van der Waals surface area (Å²) in [4.78, 5) is 43.5. The van der Waals surface area contributed by atoms with Crippen molar-refractivity contribution in [1.29, 1.82) is 0 Å². The average Bonchev–Trinajstić information content (AvgIpc) is 3.24. The summed E-state index contributed by atoms with van der Waals surface area (Å²) in [6, 6.07) is 9.53. The van der Waals surface area contributed by atoms with Crippen molar-refractivity contribution in [3.05, 3.63) is 70.8 Å². The fraction of sp³-hybridized carbons (Fsp3) is 0.438. The number of aliphatic hydroxyl groups is 1. The monoisotopic (exact) mass is 606 g/mol. The topological polar surface area (TPSA) is 157 Å². The molecule has 10 nitrogen and oxygen atoms in total. The number of pyridine rings is 1. The lowest BCUT2D eigenvalue weighted by molar-refractivity contribution is -0.141. The van der Waals surface area contributed by atoms with Gasteiger partial charge in [-0.2, -0.15) is 0 Å². The van der Waals surface area contributed by atoms with E-state index in [1.54, 1.807) is 24.4 Å². The third kappa shape index (κ3) is 6.77. The number of halogens is 1. The zero-order valence-corrected chi connectivity index (χ0v) is 24.3. The molecule has 1 aromatic carbocycles. The van der Waals surface area contributed by atoms with E-state index < -0.39 is 48.5 Å². The number of imide groups is 1. The van der Waals surface area contributed by atoms with Gasteiger partial charge in [0.25, 0.3) is 0 Å². The number of aliphatic hydroxyl groups excluding tert-OH is 1. The van der Waals surface area contributed by atoms with Gasteiger partial charge in [0.2, 0.25) is 11.8 Å². The smallest absolute Gasteiger partial charge is 0.455 e. The standard InChI is InChI=1S/C32H36BFN2O8/c34-24-15-19(8-10-26(24)38)14-20(25-6-3-4-12-35-25)9-11-27-29-21(18-37)16-22-30(23(29)17-33(43)44-27)32(42)36(31(22)41)13-5-1-2-7-28(39)40/h3-4,6,8,10,12,14-15,22-23,27,30,37-38,43H,1-2,5,7,9,11,13,16-18H2,(H,39,40)/b20-14-/t22-,23+,27-,30-/m1/s1. The summed E-state index contributed by atoms with van der Waals surface area (Å²) in [6.45, 7) is -0.100. The van der Waals surface area contributed by atoms with Crippen LogP contribution in [0.5, 0.6) is 5.75 Å². The first-order valence-electron chi connectivity index (χ1n) is 15.0. The first-order chi connectivity index (χ1) is 21.2. The maximum atomic E-state index is 14.1. The van der Waals surface area contributed by atoms with Crippen LogP contribution in [0.2, 0.25) is 6.32 Å². The molecule has 2 amide bonds. The predicted octanol–water partition coefficient (Wildman–Crippen LogP) is 3.68. The van der Waals surface area contributed by atoms with Crippen molar-refractivity contribution in [3.63, 3.8) is 0 Å². The van der Waals surface area contributed by atoms with E-state index in [-0.39, 0.29) is 44.1 Å². The first kappa shape index (κ1) is 31.6. The van der Waals surface area contributed by atoms with E-state index in [1.807, 2.05) is 12.1 Å². The molecule has 0 spiro atoms. The number of aliphatic carboxylic acids is 1. The number of hydrogen-bond acceptors (Lipinski definition) is 8. The Labute approximate surface area is 255 Å². The molecule has 0 bridgehead atoms. The van der Waals surface area contributed by atoms with Crippen molar-refractivity contribution < 1.29 is 43.8 Å². The van der Waals surface area contributed by atoms with Crippen LogP contribution in [0, 0.1) is 23.6 Å². The van der Waals surface area contributed by atoms with Gasteiger partial charge < -0.3 is 25.0 Å². The van der Waals surface area contributed by atoms with Crippen LogP contribution in [0.4, 0.5) is 4.39 Å². The summed E-state index contributed by atoms with van der Waals surface area (Å²) >= 11 is 0. The fourth-order valence-electron chi connectivity index (χ4n) is 6.85. The zero-order valence-electron chi connectivity index (χ0n) is 24.3. The molecule has 0 radical (unpaired) electrons. The molecule has 2 fully saturated rings. The Morgan fingerprint density at radius 2 is 1.93 bits per heavy atom. The van der Waals surface area contributed by atoms with Gasteiger partial charge >= 0.3 is 13.1 Å². The third-order valence-electron chi connectivity index (χ3n) is 8.84. The van der Waals surface area contributed by atoms with Crippen molar-refractivity contribution >= 4 is 36.6 Å². The molecule has 2 aliphatic heterocycles. The summed E-state index contributed by atoms with van der Waals surface area (Å²) < 4.78 is 20.1. The molecule has 1 aromatic heterocycles. The fourth-order valence-corrected chi connectivity index (χ4v) is 6.85. The number of phenols is 1. The Morgan fingerprint density at radius 3 is 2.64 bits per heavy atom. The van der Waals surface area contributed by atoms with Crippen molar-refractivity contribution in [1.82, 2.24) is 9.88 Å². The Balaban J connectivity index is 1.37. The zero-order chi connectivity index (χ0) is 31.4. The highest BCUT2D eigenvalue weighted by Gasteiger charge is 2.57. The van der Waals surface area contributed by atoms with E-state index >= 15 is 0 Å². The van der Waals surface area contributed by atoms with Crippen molar-refractivity contribution in [3.8, 4) is 5.75 Å². The molecule has 232 valence electrons. The van der Waals surface area contributed by atoms with Gasteiger partial charge in [-0.05, 0) is 97.0 Å². The molecule has 0 unspecified atom stereocenters. The van der Waals surface area contributed by atoms with E-state index in [9.17, 15) is 34.0 Å². The average molecular weight is 606 g/mol. The van der Waals surface area contributed by atoms with Gasteiger partial charge in [-0.3, -0.25) is 24.3 Å². The maximum absolute atomic E-state index is 14.1. The molecule has 0 saturated carbocycles. The highest BCUT2D eigenvalue weighted by molar-refractivity contribution is 6.43. The number of amides is 2. The number of hydrogen-bond donors (Lipinski definition) is 4. The number of phenolic OH excluding ortho intramolecular Hbond substituents is 1. The minimum atomic E-state index is -1.17. The van der Waals surface area contributed by atoms with Crippen molar-refractivity contribution in [2.24, 2.45) is 17.8 Å². The highest BCUT2D eigenvalue weighted by Crippen LogP contribution is 2.50. The predicted molar refractivity (Wildman–Crippen MR) is 159 cm³/mol. The summed E-state index contributed by atoms with van der Waals surface area (Å²) in [7, 11) is -1.17. The van der Waals surface area contributed by atoms with E-state index in [0.717, 1.165) is 11.1 Å². The van der Waals surface area contributed by atoms with Crippen LogP contribution in [0.1, 0.15) is 56.2 Å². The molecule has 44 heavy (non-hydrogen) atoms. The molecule has 3 aliphatic rings. The van der Waals surface area contributed by atoms with Gasteiger partial charge in [-0.25, -0.2) is 4.39 Å². The number of rotatable bonds is 12.